The summed E-state index contributed by atoms with van der Waals surface area (Å²) >= 11 is 6.10. The van der Waals surface area contributed by atoms with E-state index in [0.29, 0.717) is 22.9 Å². The number of hydrogen-bond acceptors (Lipinski definition) is 4. The number of aliphatic hydroxyl groups excluding tert-OH is 1. The zero-order chi connectivity index (χ0) is 14.0. The highest BCUT2D eigenvalue weighted by molar-refractivity contribution is 6.32. The van der Waals surface area contributed by atoms with Crippen LogP contribution in [-0.2, 0) is 4.74 Å². The highest BCUT2D eigenvalue weighted by Crippen LogP contribution is 2.41. The summed E-state index contributed by atoms with van der Waals surface area (Å²) in [5.74, 6) is 1.14. The molecule has 0 aliphatic carbocycles. The number of halogens is 1. The average Bonchev–Trinajstić information content (AvgIpc) is 2.85. The Hall–Kier alpha value is -0.970. The Bertz CT molecular complexity index is 459. The lowest BCUT2D eigenvalue weighted by molar-refractivity contribution is 0.00278. The minimum Gasteiger partial charge on any atom is -0.454 e. The molecule has 106 valence electrons. The Balaban J connectivity index is 2.08. The monoisotopic (exact) mass is 286 g/mol. The van der Waals surface area contributed by atoms with Crippen LogP contribution in [0.25, 0.3) is 0 Å². The molecule has 0 spiro atoms. The number of methoxy groups -OCH3 is 1. The highest BCUT2D eigenvalue weighted by Gasteiger charge is 2.23. The van der Waals surface area contributed by atoms with Crippen molar-refractivity contribution < 1.29 is 19.3 Å². The summed E-state index contributed by atoms with van der Waals surface area (Å²) in [5, 5.41) is 10.7. The Labute approximate surface area is 118 Å². The van der Waals surface area contributed by atoms with Gasteiger partial charge in [-0.2, -0.15) is 0 Å². The molecule has 0 bridgehead atoms. The van der Waals surface area contributed by atoms with E-state index in [4.69, 9.17) is 25.8 Å². The SMILES string of the molecule is COC(C)(C)CCC(O)c1cc(Cl)c2c(c1)OCO2. The third-order valence-electron chi connectivity index (χ3n) is 3.41. The van der Waals surface area contributed by atoms with Crippen LogP contribution in [0.3, 0.4) is 0 Å². The van der Waals surface area contributed by atoms with Gasteiger partial charge >= 0.3 is 0 Å². The molecule has 2 rings (SSSR count). The van der Waals surface area contributed by atoms with Gasteiger partial charge in [-0.1, -0.05) is 11.6 Å². The smallest absolute Gasteiger partial charge is 0.231 e. The fraction of sp³-hybridized carbons (Fsp3) is 0.571. The van der Waals surface area contributed by atoms with Crippen LogP contribution in [0.1, 0.15) is 38.4 Å². The van der Waals surface area contributed by atoms with Crippen molar-refractivity contribution in [3.8, 4) is 11.5 Å². The van der Waals surface area contributed by atoms with E-state index in [-0.39, 0.29) is 12.4 Å². The van der Waals surface area contributed by atoms with Gasteiger partial charge in [-0.05, 0) is 44.4 Å². The molecule has 1 aromatic carbocycles. The molecule has 1 atom stereocenters. The van der Waals surface area contributed by atoms with Crippen LogP contribution in [0.2, 0.25) is 5.02 Å². The molecule has 1 aromatic rings. The molecular formula is C14H19ClO4. The van der Waals surface area contributed by atoms with E-state index in [1.54, 1.807) is 19.2 Å². The first-order chi connectivity index (χ1) is 8.93. The normalized spacial score (nSPS) is 15.6. The van der Waals surface area contributed by atoms with Gasteiger partial charge < -0.3 is 19.3 Å². The standard InChI is InChI=1S/C14H19ClO4/c1-14(2,17-3)5-4-11(16)9-6-10(15)13-12(7-9)18-8-19-13/h6-7,11,16H,4-5,8H2,1-3H3. The van der Waals surface area contributed by atoms with E-state index in [1.807, 2.05) is 13.8 Å². The predicted octanol–water partition coefficient (Wildman–Crippen LogP) is 3.31. The van der Waals surface area contributed by atoms with Gasteiger partial charge in [0.05, 0.1) is 16.7 Å². The van der Waals surface area contributed by atoms with Crippen molar-refractivity contribution in [3.05, 3.63) is 22.7 Å². The van der Waals surface area contributed by atoms with E-state index < -0.39 is 6.10 Å². The molecule has 1 aliphatic heterocycles. The third-order valence-corrected chi connectivity index (χ3v) is 3.69. The van der Waals surface area contributed by atoms with Gasteiger partial charge in [0, 0.05) is 7.11 Å². The molecule has 0 fully saturated rings. The Morgan fingerprint density at radius 2 is 2.16 bits per heavy atom. The van der Waals surface area contributed by atoms with Crippen molar-refractivity contribution in [1.29, 1.82) is 0 Å². The number of aliphatic hydroxyl groups is 1. The zero-order valence-corrected chi connectivity index (χ0v) is 12.2. The van der Waals surface area contributed by atoms with Gasteiger partial charge in [0.15, 0.2) is 11.5 Å². The topological polar surface area (TPSA) is 47.9 Å². The van der Waals surface area contributed by atoms with Crippen molar-refractivity contribution in [2.75, 3.05) is 13.9 Å². The minimum absolute atomic E-state index is 0.172. The maximum absolute atomic E-state index is 10.2. The molecule has 5 heteroatoms. The highest BCUT2D eigenvalue weighted by atomic mass is 35.5. The van der Waals surface area contributed by atoms with Crippen LogP contribution >= 0.6 is 11.6 Å². The summed E-state index contributed by atoms with van der Waals surface area (Å²) < 4.78 is 15.9. The molecule has 0 amide bonds. The summed E-state index contributed by atoms with van der Waals surface area (Å²) in [7, 11) is 1.67. The van der Waals surface area contributed by atoms with E-state index >= 15 is 0 Å². The first-order valence-corrected chi connectivity index (χ1v) is 6.63. The van der Waals surface area contributed by atoms with Crippen LogP contribution in [0.15, 0.2) is 12.1 Å². The van der Waals surface area contributed by atoms with Crippen LogP contribution in [0.4, 0.5) is 0 Å². The van der Waals surface area contributed by atoms with E-state index in [1.165, 1.54) is 0 Å². The largest absolute Gasteiger partial charge is 0.454 e. The molecule has 1 unspecified atom stereocenters. The summed E-state index contributed by atoms with van der Waals surface area (Å²) in [6.45, 7) is 4.16. The van der Waals surface area contributed by atoms with Crippen LogP contribution in [0.5, 0.6) is 11.5 Å². The van der Waals surface area contributed by atoms with E-state index in [2.05, 4.69) is 0 Å². The van der Waals surface area contributed by atoms with Gasteiger partial charge in [-0.25, -0.2) is 0 Å². The zero-order valence-electron chi connectivity index (χ0n) is 11.4. The second-order valence-electron chi connectivity index (χ2n) is 5.25. The predicted molar refractivity (Wildman–Crippen MR) is 72.9 cm³/mol. The fourth-order valence-corrected chi connectivity index (χ4v) is 2.21. The third kappa shape index (κ3) is 3.32. The fourth-order valence-electron chi connectivity index (χ4n) is 1.93. The van der Waals surface area contributed by atoms with Crippen molar-refractivity contribution in [1.82, 2.24) is 0 Å². The van der Waals surface area contributed by atoms with E-state index in [9.17, 15) is 5.11 Å². The molecule has 0 radical (unpaired) electrons. The number of rotatable bonds is 5. The molecule has 1 aliphatic rings. The lowest BCUT2D eigenvalue weighted by Gasteiger charge is -2.24. The summed E-state index contributed by atoms with van der Waals surface area (Å²) in [4.78, 5) is 0. The number of hydrogen-bond donors (Lipinski definition) is 1. The second-order valence-corrected chi connectivity index (χ2v) is 5.66. The molecule has 0 aromatic heterocycles. The maximum atomic E-state index is 10.2. The summed E-state index contributed by atoms with van der Waals surface area (Å²) in [6, 6.07) is 3.50. The number of fused-ring (bicyclic) bond motifs is 1. The van der Waals surface area contributed by atoms with Crippen molar-refractivity contribution in [3.63, 3.8) is 0 Å². The number of ether oxygens (including phenoxy) is 3. The van der Waals surface area contributed by atoms with Gasteiger partial charge in [-0.3, -0.25) is 0 Å². The molecule has 19 heavy (non-hydrogen) atoms. The van der Waals surface area contributed by atoms with Crippen LogP contribution < -0.4 is 9.47 Å². The number of benzene rings is 1. The molecular weight excluding hydrogens is 268 g/mol. The maximum Gasteiger partial charge on any atom is 0.231 e. The first kappa shape index (κ1) is 14.4. The van der Waals surface area contributed by atoms with Crippen LogP contribution in [-0.4, -0.2) is 24.6 Å². The first-order valence-electron chi connectivity index (χ1n) is 6.25. The molecule has 0 saturated heterocycles. The minimum atomic E-state index is -0.596. The molecule has 4 nitrogen and oxygen atoms in total. The van der Waals surface area contributed by atoms with Crippen molar-refractivity contribution >= 4 is 11.6 Å². The quantitative estimate of drug-likeness (QED) is 0.902. The Kier molecular flexibility index (Phi) is 4.23. The summed E-state index contributed by atoms with van der Waals surface area (Å²) in [5.41, 5.74) is 0.488. The van der Waals surface area contributed by atoms with Gasteiger partial charge in [0.25, 0.3) is 0 Å². The van der Waals surface area contributed by atoms with Gasteiger partial charge in [0.1, 0.15) is 0 Å². The van der Waals surface area contributed by atoms with Gasteiger partial charge in [-0.15, -0.1) is 0 Å². The molecule has 1 heterocycles. The second kappa shape index (κ2) is 5.57. The lowest BCUT2D eigenvalue weighted by Crippen LogP contribution is -2.23. The Morgan fingerprint density at radius 3 is 2.84 bits per heavy atom. The van der Waals surface area contributed by atoms with E-state index in [0.717, 1.165) is 12.0 Å². The van der Waals surface area contributed by atoms with Gasteiger partial charge in [0.2, 0.25) is 6.79 Å². The van der Waals surface area contributed by atoms with Crippen LogP contribution in [0, 0.1) is 0 Å². The van der Waals surface area contributed by atoms with Crippen molar-refractivity contribution in [2.45, 2.75) is 38.4 Å². The lowest BCUT2D eigenvalue weighted by atomic mass is 9.96. The molecule has 1 N–H and O–H groups in total. The van der Waals surface area contributed by atoms with Crippen molar-refractivity contribution in [2.24, 2.45) is 0 Å². The summed E-state index contributed by atoms with van der Waals surface area (Å²) in [6.07, 6.45) is 0.745. The Morgan fingerprint density at radius 1 is 1.42 bits per heavy atom. The molecule has 0 saturated carbocycles. The average molecular weight is 287 g/mol.